The summed E-state index contributed by atoms with van der Waals surface area (Å²) < 4.78 is 0. The first-order chi connectivity index (χ1) is 9.66. The molecule has 3 rings (SSSR count). The Morgan fingerprint density at radius 3 is 2.90 bits per heavy atom. The Morgan fingerprint density at radius 1 is 1.40 bits per heavy atom. The van der Waals surface area contributed by atoms with E-state index in [1.807, 2.05) is 31.2 Å². The molecule has 0 spiro atoms. The SMILES string of the molecule is CC(C(N)=O)c1[nH]c2ccccc2c1Cc1ncc[nH]1. The van der Waals surface area contributed by atoms with Crippen LogP contribution in [0.3, 0.4) is 0 Å². The van der Waals surface area contributed by atoms with Crippen LogP contribution in [0, 0.1) is 0 Å². The molecule has 0 bridgehead atoms. The van der Waals surface area contributed by atoms with Gasteiger partial charge in [-0.05, 0) is 18.6 Å². The smallest absolute Gasteiger partial charge is 0.226 e. The minimum Gasteiger partial charge on any atom is -0.369 e. The van der Waals surface area contributed by atoms with Crippen LogP contribution in [-0.2, 0) is 11.2 Å². The molecule has 0 fully saturated rings. The molecule has 2 aromatic heterocycles. The molecule has 4 N–H and O–H groups in total. The number of nitrogens with two attached hydrogens (primary N) is 1. The second kappa shape index (κ2) is 4.85. The number of imidazole rings is 1. The van der Waals surface area contributed by atoms with Gasteiger partial charge in [-0.1, -0.05) is 18.2 Å². The van der Waals surface area contributed by atoms with Gasteiger partial charge in [0.05, 0.1) is 5.92 Å². The number of primary amides is 1. The summed E-state index contributed by atoms with van der Waals surface area (Å²) in [5, 5.41) is 1.10. The summed E-state index contributed by atoms with van der Waals surface area (Å²) in [6.07, 6.45) is 4.16. The Labute approximate surface area is 116 Å². The molecular formula is C15H16N4O. The number of carbonyl (C=O) groups excluding carboxylic acids is 1. The van der Waals surface area contributed by atoms with Gasteiger partial charge in [0.15, 0.2) is 0 Å². The number of amides is 1. The highest BCUT2D eigenvalue weighted by atomic mass is 16.1. The van der Waals surface area contributed by atoms with Gasteiger partial charge in [-0.2, -0.15) is 0 Å². The molecule has 2 heterocycles. The van der Waals surface area contributed by atoms with E-state index in [0.717, 1.165) is 28.0 Å². The van der Waals surface area contributed by atoms with E-state index in [1.54, 1.807) is 12.4 Å². The fourth-order valence-corrected chi connectivity index (χ4v) is 2.49. The number of fused-ring (bicyclic) bond motifs is 1. The van der Waals surface area contributed by atoms with Crippen LogP contribution in [0.4, 0.5) is 0 Å². The van der Waals surface area contributed by atoms with Crippen LogP contribution in [0.2, 0.25) is 0 Å². The number of rotatable bonds is 4. The summed E-state index contributed by atoms with van der Waals surface area (Å²) in [5.74, 6) is 0.178. The maximum absolute atomic E-state index is 11.5. The highest BCUT2D eigenvalue weighted by molar-refractivity contribution is 5.89. The molecular weight excluding hydrogens is 252 g/mol. The summed E-state index contributed by atoms with van der Waals surface area (Å²) in [4.78, 5) is 22.2. The van der Waals surface area contributed by atoms with Crippen molar-refractivity contribution in [3.05, 3.63) is 53.7 Å². The van der Waals surface area contributed by atoms with Crippen molar-refractivity contribution in [2.45, 2.75) is 19.3 Å². The van der Waals surface area contributed by atoms with Crippen LogP contribution in [0.25, 0.3) is 10.9 Å². The quantitative estimate of drug-likeness (QED) is 0.676. The van der Waals surface area contributed by atoms with Crippen LogP contribution in [-0.4, -0.2) is 20.9 Å². The lowest BCUT2D eigenvalue weighted by atomic mass is 9.99. The predicted molar refractivity (Wildman–Crippen MR) is 77.3 cm³/mol. The molecule has 0 saturated heterocycles. The van der Waals surface area contributed by atoms with E-state index in [0.29, 0.717) is 6.42 Å². The van der Waals surface area contributed by atoms with E-state index in [-0.39, 0.29) is 11.8 Å². The van der Waals surface area contributed by atoms with Crippen molar-refractivity contribution in [3.8, 4) is 0 Å². The van der Waals surface area contributed by atoms with E-state index < -0.39 is 0 Å². The number of hydrogen-bond donors (Lipinski definition) is 3. The second-order valence-corrected chi connectivity index (χ2v) is 4.90. The van der Waals surface area contributed by atoms with Crippen molar-refractivity contribution in [2.75, 3.05) is 0 Å². The third kappa shape index (κ3) is 2.07. The normalized spacial score (nSPS) is 12.7. The predicted octanol–water partition coefficient (Wildman–Crippen LogP) is 2.07. The monoisotopic (exact) mass is 268 g/mol. The van der Waals surface area contributed by atoms with Crippen LogP contribution >= 0.6 is 0 Å². The first-order valence-electron chi connectivity index (χ1n) is 6.54. The van der Waals surface area contributed by atoms with Crippen LogP contribution in [0.15, 0.2) is 36.7 Å². The van der Waals surface area contributed by atoms with Crippen molar-refractivity contribution in [1.82, 2.24) is 15.0 Å². The van der Waals surface area contributed by atoms with Crippen molar-refractivity contribution in [2.24, 2.45) is 5.73 Å². The minimum atomic E-state index is -0.354. The number of carbonyl (C=O) groups is 1. The van der Waals surface area contributed by atoms with Crippen molar-refractivity contribution in [3.63, 3.8) is 0 Å². The fraction of sp³-hybridized carbons (Fsp3) is 0.200. The number of nitrogens with one attached hydrogen (secondary N) is 2. The zero-order valence-electron chi connectivity index (χ0n) is 11.2. The number of H-pyrrole nitrogens is 2. The van der Waals surface area contributed by atoms with E-state index in [9.17, 15) is 4.79 Å². The number of aromatic amines is 2. The Balaban J connectivity index is 2.15. The third-order valence-corrected chi connectivity index (χ3v) is 3.61. The van der Waals surface area contributed by atoms with E-state index in [2.05, 4.69) is 15.0 Å². The van der Waals surface area contributed by atoms with E-state index >= 15 is 0 Å². The number of hydrogen-bond acceptors (Lipinski definition) is 2. The molecule has 1 unspecified atom stereocenters. The Morgan fingerprint density at radius 2 is 2.20 bits per heavy atom. The van der Waals surface area contributed by atoms with Gasteiger partial charge in [0.1, 0.15) is 5.82 Å². The second-order valence-electron chi connectivity index (χ2n) is 4.90. The summed E-state index contributed by atoms with van der Waals surface area (Å²) in [7, 11) is 0. The molecule has 1 atom stereocenters. The molecule has 0 aliphatic rings. The summed E-state index contributed by atoms with van der Waals surface area (Å²) in [6.45, 7) is 1.82. The number of benzene rings is 1. The number of nitrogens with zero attached hydrogens (tertiary/aromatic N) is 1. The molecule has 3 aromatic rings. The van der Waals surface area contributed by atoms with Gasteiger partial charge in [0, 0.05) is 35.4 Å². The van der Waals surface area contributed by atoms with Crippen LogP contribution < -0.4 is 5.73 Å². The molecule has 5 nitrogen and oxygen atoms in total. The molecule has 0 aliphatic heterocycles. The lowest BCUT2D eigenvalue weighted by Crippen LogP contribution is -2.20. The van der Waals surface area contributed by atoms with E-state index in [1.165, 1.54) is 0 Å². The fourth-order valence-electron chi connectivity index (χ4n) is 2.49. The summed E-state index contributed by atoms with van der Waals surface area (Å²) in [6, 6.07) is 7.99. The van der Waals surface area contributed by atoms with Gasteiger partial charge in [-0.3, -0.25) is 4.79 Å². The van der Waals surface area contributed by atoms with Crippen molar-refractivity contribution >= 4 is 16.8 Å². The van der Waals surface area contributed by atoms with Crippen molar-refractivity contribution < 1.29 is 4.79 Å². The highest BCUT2D eigenvalue weighted by Gasteiger charge is 2.20. The average molecular weight is 268 g/mol. The lowest BCUT2D eigenvalue weighted by Gasteiger charge is -2.08. The maximum atomic E-state index is 11.5. The molecule has 20 heavy (non-hydrogen) atoms. The van der Waals surface area contributed by atoms with Gasteiger partial charge >= 0.3 is 0 Å². The van der Waals surface area contributed by atoms with Crippen molar-refractivity contribution in [1.29, 1.82) is 0 Å². The molecule has 0 saturated carbocycles. The topological polar surface area (TPSA) is 87.6 Å². The maximum Gasteiger partial charge on any atom is 0.226 e. The molecule has 1 aromatic carbocycles. The summed E-state index contributed by atoms with van der Waals surface area (Å²) in [5.41, 5.74) is 8.40. The van der Waals surface area contributed by atoms with Crippen LogP contribution in [0.5, 0.6) is 0 Å². The minimum absolute atomic E-state index is 0.336. The molecule has 1 amide bonds. The van der Waals surface area contributed by atoms with Gasteiger partial charge in [-0.25, -0.2) is 4.98 Å². The number of para-hydroxylation sites is 1. The van der Waals surface area contributed by atoms with Crippen LogP contribution in [0.1, 0.15) is 29.9 Å². The van der Waals surface area contributed by atoms with Gasteiger partial charge in [0.2, 0.25) is 5.91 Å². The standard InChI is InChI=1S/C15H16N4O/c1-9(15(16)20)14-11(8-13-17-6-7-18-13)10-4-2-3-5-12(10)19-14/h2-7,9,19H,8H2,1H3,(H2,16,20)(H,17,18). The largest absolute Gasteiger partial charge is 0.369 e. The number of aromatic nitrogens is 3. The third-order valence-electron chi connectivity index (χ3n) is 3.61. The molecule has 0 aliphatic carbocycles. The average Bonchev–Trinajstić information content (AvgIpc) is 3.07. The highest BCUT2D eigenvalue weighted by Crippen LogP contribution is 2.29. The molecule has 0 radical (unpaired) electrons. The zero-order valence-corrected chi connectivity index (χ0v) is 11.2. The Bertz CT molecular complexity index is 742. The van der Waals surface area contributed by atoms with Gasteiger partial charge < -0.3 is 15.7 Å². The Kier molecular flexibility index (Phi) is 3.02. The first-order valence-corrected chi connectivity index (χ1v) is 6.54. The first kappa shape index (κ1) is 12.5. The van der Waals surface area contributed by atoms with E-state index in [4.69, 9.17) is 5.73 Å². The Hall–Kier alpha value is -2.56. The van der Waals surface area contributed by atoms with Gasteiger partial charge in [0.25, 0.3) is 0 Å². The molecule has 102 valence electrons. The summed E-state index contributed by atoms with van der Waals surface area (Å²) >= 11 is 0. The zero-order chi connectivity index (χ0) is 14.1. The lowest BCUT2D eigenvalue weighted by molar-refractivity contribution is -0.119. The van der Waals surface area contributed by atoms with Gasteiger partial charge in [-0.15, -0.1) is 0 Å². The molecule has 5 heteroatoms.